The van der Waals surface area contributed by atoms with Gasteiger partial charge in [-0.2, -0.15) is 4.31 Å². The van der Waals surface area contributed by atoms with Crippen LogP contribution in [-0.4, -0.2) is 45.1 Å². The van der Waals surface area contributed by atoms with Crippen LogP contribution in [0.15, 0.2) is 29.2 Å². The molecule has 2 unspecified atom stereocenters. The maximum atomic E-state index is 12.7. The van der Waals surface area contributed by atoms with Gasteiger partial charge in [-0.1, -0.05) is 12.1 Å². The molecule has 2 N–H and O–H groups in total. The van der Waals surface area contributed by atoms with Crippen molar-refractivity contribution in [1.82, 2.24) is 4.31 Å². The van der Waals surface area contributed by atoms with E-state index in [9.17, 15) is 8.42 Å². The van der Waals surface area contributed by atoms with E-state index in [1.54, 1.807) is 25.3 Å². The van der Waals surface area contributed by atoms with Gasteiger partial charge in [0.1, 0.15) is 0 Å². The molecule has 0 amide bonds. The highest BCUT2D eigenvalue weighted by Gasteiger charge is 2.36. The van der Waals surface area contributed by atoms with Crippen molar-refractivity contribution < 1.29 is 13.2 Å². The normalized spacial score (nSPS) is 24.8. The standard InChI is InChI=1S/C14H22N2O3S/c1-11-4-3-5-14(8-11)20(17,18)16-7-6-13(19-2)9-12(16)10-15/h3-5,8,12-13H,6-7,9-10,15H2,1-2H3. The summed E-state index contributed by atoms with van der Waals surface area (Å²) in [5, 5.41) is 0. The number of nitrogens with zero attached hydrogens (tertiary/aromatic N) is 1. The second-order valence-corrected chi connectivity index (χ2v) is 7.09. The van der Waals surface area contributed by atoms with Crippen molar-refractivity contribution in [2.24, 2.45) is 5.73 Å². The van der Waals surface area contributed by atoms with Gasteiger partial charge in [-0.05, 0) is 37.5 Å². The van der Waals surface area contributed by atoms with Crippen molar-refractivity contribution >= 4 is 10.0 Å². The van der Waals surface area contributed by atoms with Crippen LogP contribution in [0.2, 0.25) is 0 Å². The summed E-state index contributed by atoms with van der Waals surface area (Å²) in [6.45, 7) is 2.65. The van der Waals surface area contributed by atoms with Gasteiger partial charge in [-0.3, -0.25) is 0 Å². The lowest BCUT2D eigenvalue weighted by molar-refractivity contribution is 0.0401. The molecule has 6 heteroatoms. The second kappa shape index (κ2) is 6.22. The number of methoxy groups -OCH3 is 1. The maximum Gasteiger partial charge on any atom is 0.243 e. The Kier molecular flexibility index (Phi) is 4.80. The zero-order valence-electron chi connectivity index (χ0n) is 12.0. The number of rotatable bonds is 4. The van der Waals surface area contributed by atoms with Gasteiger partial charge in [0.15, 0.2) is 0 Å². The Bertz CT molecular complexity index is 559. The molecule has 0 aliphatic carbocycles. The molecule has 5 nitrogen and oxygen atoms in total. The summed E-state index contributed by atoms with van der Waals surface area (Å²) in [6, 6.07) is 6.79. The van der Waals surface area contributed by atoms with E-state index in [-0.39, 0.29) is 12.1 Å². The molecule has 1 saturated heterocycles. The van der Waals surface area contributed by atoms with E-state index in [1.807, 2.05) is 13.0 Å². The third-order valence-corrected chi connectivity index (χ3v) is 5.76. The van der Waals surface area contributed by atoms with Gasteiger partial charge in [0.25, 0.3) is 0 Å². The monoisotopic (exact) mass is 298 g/mol. The van der Waals surface area contributed by atoms with Crippen LogP contribution in [0, 0.1) is 6.92 Å². The van der Waals surface area contributed by atoms with Gasteiger partial charge in [0.2, 0.25) is 10.0 Å². The van der Waals surface area contributed by atoms with Crippen molar-refractivity contribution in [1.29, 1.82) is 0 Å². The molecular formula is C14H22N2O3S. The highest BCUT2D eigenvalue weighted by molar-refractivity contribution is 7.89. The Morgan fingerprint density at radius 3 is 2.80 bits per heavy atom. The number of nitrogens with two attached hydrogens (primary N) is 1. The van der Waals surface area contributed by atoms with E-state index in [2.05, 4.69) is 0 Å². The molecule has 1 heterocycles. The van der Waals surface area contributed by atoms with E-state index < -0.39 is 10.0 Å². The Labute approximate surface area is 120 Å². The molecule has 0 spiro atoms. The number of hydrogen-bond donors (Lipinski definition) is 1. The van der Waals surface area contributed by atoms with Crippen molar-refractivity contribution in [3.63, 3.8) is 0 Å². The third-order valence-electron chi connectivity index (χ3n) is 3.82. The summed E-state index contributed by atoms with van der Waals surface area (Å²) in [7, 11) is -1.82. The zero-order chi connectivity index (χ0) is 14.8. The second-order valence-electron chi connectivity index (χ2n) is 5.20. The zero-order valence-corrected chi connectivity index (χ0v) is 12.8. The van der Waals surface area contributed by atoms with Crippen molar-refractivity contribution in [3.05, 3.63) is 29.8 Å². The first-order chi connectivity index (χ1) is 9.48. The van der Waals surface area contributed by atoms with Crippen LogP contribution in [0.25, 0.3) is 0 Å². The molecule has 0 radical (unpaired) electrons. The van der Waals surface area contributed by atoms with Gasteiger partial charge in [-0.25, -0.2) is 8.42 Å². The largest absolute Gasteiger partial charge is 0.381 e. The molecule has 1 aliphatic rings. The Balaban J connectivity index is 2.29. The fourth-order valence-corrected chi connectivity index (χ4v) is 4.41. The molecule has 1 aliphatic heterocycles. The molecule has 1 aromatic carbocycles. The number of benzene rings is 1. The molecule has 112 valence electrons. The summed E-state index contributed by atoms with van der Waals surface area (Å²) in [5.41, 5.74) is 6.69. The fourth-order valence-electron chi connectivity index (χ4n) is 2.65. The van der Waals surface area contributed by atoms with Crippen LogP contribution in [0.4, 0.5) is 0 Å². The Hall–Kier alpha value is -0.950. The van der Waals surface area contributed by atoms with Crippen molar-refractivity contribution in [2.75, 3.05) is 20.2 Å². The smallest absolute Gasteiger partial charge is 0.243 e. The maximum absolute atomic E-state index is 12.7. The average Bonchev–Trinajstić information content (AvgIpc) is 2.46. The van der Waals surface area contributed by atoms with Crippen LogP contribution in [0.1, 0.15) is 18.4 Å². The van der Waals surface area contributed by atoms with Gasteiger partial charge >= 0.3 is 0 Å². The van der Waals surface area contributed by atoms with E-state index in [4.69, 9.17) is 10.5 Å². The minimum Gasteiger partial charge on any atom is -0.381 e. The van der Waals surface area contributed by atoms with Gasteiger partial charge in [-0.15, -0.1) is 0 Å². The minimum absolute atomic E-state index is 0.0903. The number of sulfonamides is 1. The fraction of sp³-hybridized carbons (Fsp3) is 0.571. The van der Waals surface area contributed by atoms with Crippen LogP contribution in [0.3, 0.4) is 0 Å². The predicted molar refractivity (Wildman–Crippen MR) is 77.9 cm³/mol. The van der Waals surface area contributed by atoms with Crippen molar-refractivity contribution in [2.45, 2.75) is 36.8 Å². The van der Waals surface area contributed by atoms with Gasteiger partial charge in [0, 0.05) is 26.2 Å². The van der Waals surface area contributed by atoms with Crippen LogP contribution < -0.4 is 5.73 Å². The Morgan fingerprint density at radius 1 is 1.45 bits per heavy atom. The number of piperidine rings is 1. The predicted octanol–water partition coefficient (Wildman–Crippen LogP) is 1.12. The lowest BCUT2D eigenvalue weighted by Gasteiger charge is -2.37. The number of aryl methyl sites for hydroxylation is 1. The third kappa shape index (κ3) is 3.03. The molecule has 20 heavy (non-hydrogen) atoms. The molecular weight excluding hydrogens is 276 g/mol. The molecule has 2 atom stereocenters. The van der Waals surface area contributed by atoms with E-state index >= 15 is 0 Å². The minimum atomic E-state index is -3.48. The van der Waals surface area contributed by atoms with E-state index in [1.165, 1.54) is 4.31 Å². The highest BCUT2D eigenvalue weighted by atomic mass is 32.2. The lowest BCUT2D eigenvalue weighted by Crippen LogP contribution is -2.51. The molecule has 2 rings (SSSR count). The first-order valence-corrected chi connectivity index (χ1v) is 8.24. The average molecular weight is 298 g/mol. The van der Waals surface area contributed by atoms with E-state index in [0.717, 1.165) is 5.56 Å². The van der Waals surface area contributed by atoms with Crippen LogP contribution in [0.5, 0.6) is 0 Å². The van der Waals surface area contributed by atoms with Crippen LogP contribution >= 0.6 is 0 Å². The molecule has 0 bridgehead atoms. The van der Waals surface area contributed by atoms with Crippen molar-refractivity contribution in [3.8, 4) is 0 Å². The quantitative estimate of drug-likeness (QED) is 0.904. The molecule has 1 fully saturated rings. The Morgan fingerprint density at radius 2 is 2.20 bits per heavy atom. The topological polar surface area (TPSA) is 72.6 Å². The summed E-state index contributed by atoms with van der Waals surface area (Å²) < 4.78 is 32.3. The summed E-state index contributed by atoms with van der Waals surface area (Å²) >= 11 is 0. The van der Waals surface area contributed by atoms with Crippen LogP contribution in [-0.2, 0) is 14.8 Å². The summed E-state index contributed by atoms with van der Waals surface area (Å²) in [4.78, 5) is 0.340. The summed E-state index contributed by atoms with van der Waals surface area (Å²) in [6.07, 6.45) is 1.45. The van der Waals surface area contributed by atoms with Gasteiger partial charge in [0.05, 0.1) is 11.0 Å². The first-order valence-electron chi connectivity index (χ1n) is 6.80. The van der Waals surface area contributed by atoms with E-state index in [0.29, 0.717) is 30.8 Å². The lowest BCUT2D eigenvalue weighted by atomic mass is 10.0. The summed E-state index contributed by atoms with van der Waals surface area (Å²) in [5.74, 6) is 0. The molecule has 1 aromatic rings. The SMILES string of the molecule is COC1CCN(S(=O)(=O)c2cccc(C)c2)C(CN)C1. The van der Waals surface area contributed by atoms with Gasteiger partial charge < -0.3 is 10.5 Å². The molecule has 0 aromatic heterocycles. The number of hydrogen-bond acceptors (Lipinski definition) is 4. The molecule has 0 saturated carbocycles. The number of ether oxygens (including phenoxy) is 1. The highest BCUT2D eigenvalue weighted by Crippen LogP contribution is 2.26. The first kappa shape index (κ1) is 15.4.